The minimum absolute atomic E-state index is 0.284. The molecule has 0 bridgehead atoms. The summed E-state index contributed by atoms with van der Waals surface area (Å²) in [5.74, 6) is 1.02. The highest BCUT2D eigenvalue weighted by atomic mass is 16.3. The fraction of sp³-hybridized carbons (Fsp3) is 0.650. The topological polar surface area (TPSA) is 37.3 Å². The molecule has 1 N–H and O–H groups in total. The van der Waals surface area contributed by atoms with Crippen LogP contribution in [0.3, 0.4) is 0 Å². The molecule has 2 nitrogen and oxygen atoms in total. The number of aliphatic hydroxyl groups is 1. The van der Waals surface area contributed by atoms with Crippen LogP contribution < -0.4 is 0 Å². The van der Waals surface area contributed by atoms with Crippen LogP contribution in [0.25, 0.3) is 0 Å². The second-order valence-corrected chi connectivity index (χ2v) is 7.71. The van der Waals surface area contributed by atoms with E-state index >= 15 is 0 Å². The van der Waals surface area contributed by atoms with Crippen molar-refractivity contribution in [2.45, 2.75) is 66.4 Å². The number of aliphatic hydroxyl groups excluding tert-OH is 1. The van der Waals surface area contributed by atoms with Crippen LogP contribution >= 0.6 is 0 Å². The van der Waals surface area contributed by atoms with Crippen molar-refractivity contribution in [3.8, 4) is 0 Å². The third-order valence-electron chi connectivity index (χ3n) is 5.41. The van der Waals surface area contributed by atoms with Gasteiger partial charge in [0.05, 0.1) is 6.10 Å². The maximum atomic E-state index is 12.7. The summed E-state index contributed by atoms with van der Waals surface area (Å²) >= 11 is 0. The van der Waals surface area contributed by atoms with Crippen molar-refractivity contribution in [2.75, 3.05) is 0 Å². The van der Waals surface area contributed by atoms with Gasteiger partial charge >= 0.3 is 0 Å². The molecule has 0 saturated carbocycles. The van der Waals surface area contributed by atoms with E-state index in [1.54, 1.807) is 0 Å². The fourth-order valence-corrected chi connectivity index (χ4v) is 3.90. The molecule has 0 aromatic rings. The zero-order valence-corrected chi connectivity index (χ0v) is 14.6. The van der Waals surface area contributed by atoms with E-state index in [1.807, 2.05) is 12.2 Å². The first-order chi connectivity index (χ1) is 10.2. The number of hydrogen-bond acceptors (Lipinski definition) is 2. The molecule has 2 rings (SSSR count). The molecular weight excluding hydrogens is 272 g/mol. The molecule has 0 radical (unpaired) electrons. The van der Waals surface area contributed by atoms with E-state index in [-0.39, 0.29) is 11.2 Å². The minimum atomic E-state index is -0.405. The zero-order valence-electron chi connectivity index (χ0n) is 14.6. The molecule has 0 spiro atoms. The molecule has 22 heavy (non-hydrogen) atoms. The van der Waals surface area contributed by atoms with Crippen molar-refractivity contribution < 1.29 is 9.90 Å². The fourth-order valence-electron chi connectivity index (χ4n) is 3.90. The van der Waals surface area contributed by atoms with Gasteiger partial charge in [0.25, 0.3) is 0 Å². The Labute approximate surface area is 135 Å². The second-order valence-electron chi connectivity index (χ2n) is 7.71. The Bertz CT molecular complexity index is 536. The Morgan fingerprint density at radius 1 is 1.27 bits per heavy atom. The van der Waals surface area contributed by atoms with Crippen LogP contribution in [0.1, 0.15) is 60.3 Å². The second kappa shape index (κ2) is 6.54. The monoisotopic (exact) mass is 302 g/mol. The molecule has 2 heteroatoms. The first kappa shape index (κ1) is 17.2. The number of carbonyl (C=O) groups excluding carboxylic acids is 1. The van der Waals surface area contributed by atoms with Gasteiger partial charge < -0.3 is 5.11 Å². The van der Waals surface area contributed by atoms with Gasteiger partial charge in [-0.3, -0.25) is 4.79 Å². The van der Waals surface area contributed by atoms with Crippen molar-refractivity contribution in [1.82, 2.24) is 0 Å². The lowest BCUT2D eigenvalue weighted by Crippen LogP contribution is -2.31. The van der Waals surface area contributed by atoms with E-state index in [0.29, 0.717) is 18.3 Å². The van der Waals surface area contributed by atoms with E-state index < -0.39 is 6.10 Å². The largest absolute Gasteiger partial charge is 0.389 e. The number of allylic oxidation sites excluding steroid dienone is 4. The molecule has 2 aliphatic rings. The van der Waals surface area contributed by atoms with E-state index in [0.717, 1.165) is 19.3 Å². The Hall–Kier alpha value is -1.15. The van der Waals surface area contributed by atoms with Crippen molar-refractivity contribution >= 4 is 5.78 Å². The highest BCUT2D eigenvalue weighted by molar-refractivity contribution is 5.98. The van der Waals surface area contributed by atoms with Crippen LogP contribution in [0.15, 0.2) is 34.9 Å². The standard InChI is InChI=1S/C20H30O2/c1-13(2)17-12-19(22)20(5)9-8-15(4)11-16(21)10-14(3)6-7-18(17)20/h8,10,12-13,16,18,21H,6-7,9,11H2,1-5H3/b14-10?,15-8+/t16-,18?,20+/m0/s1. The molecule has 0 saturated heterocycles. The summed E-state index contributed by atoms with van der Waals surface area (Å²) in [6.07, 6.45) is 9.05. The third kappa shape index (κ3) is 3.43. The highest BCUT2D eigenvalue weighted by Crippen LogP contribution is 2.48. The minimum Gasteiger partial charge on any atom is -0.389 e. The predicted molar refractivity (Wildman–Crippen MR) is 91.5 cm³/mol. The molecule has 0 heterocycles. The quantitative estimate of drug-likeness (QED) is 0.719. The van der Waals surface area contributed by atoms with Crippen molar-refractivity contribution in [3.63, 3.8) is 0 Å². The number of hydrogen-bond donors (Lipinski definition) is 1. The Morgan fingerprint density at radius 3 is 2.59 bits per heavy atom. The molecule has 0 aliphatic heterocycles. The van der Waals surface area contributed by atoms with Gasteiger partial charge in [-0.2, -0.15) is 0 Å². The number of rotatable bonds is 1. The Kier molecular flexibility index (Phi) is 5.11. The van der Waals surface area contributed by atoms with Gasteiger partial charge in [-0.1, -0.05) is 49.6 Å². The Balaban J connectivity index is 2.39. The number of ketones is 1. The van der Waals surface area contributed by atoms with Crippen LogP contribution in [0.4, 0.5) is 0 Å². The van der Waals surface area contributed by atoms with E-state index in [9.17, 15) is 9.90 Å². The van der Waals surface area contributed by atoms with Crippen LogP contribution in [0.2, 0.25) is 0 Å². The summed E-state index contributed by atoms with van der Waals surface area (Å²) in [5.41, 5.74) is 3.40. The van der Waals surface area contributed by atoms with Crippen LogP contribution in [0.5, 0.6) is 0 Å². The summed E-state index contributed by atoms with van der Waals surface area (Å²) in [4.78, 5) is 12.7. The van der Waals surface area contributed by atoms with Gasteiger partial charge in [0.15, 0.2) is 5.78 Å². The van der Waals surface area contributed by atoms with E-state index in [4.69, 9.17) is 0 Å². The average molecular weight is 302 g/mol. The summed E-state index contributed by atoms with van der Waals surface area (Å²) in [6.45, 7) is 10.6. The van der Waals surface area contributed by atoms with Crippen LogP contribution in [-0.4, -0.2) is 17.0 Å². The number of fused-ring (bicyclic) bond motifs is 1. The first-order valence-electron chi connectivity index (χ1n) is 8.51. The van der Waals surface area contributed by atoms with Gasteiger partial charge in [-0.15, -0.1) is 0 Å². The lowest BCUT2D eigenvalue weighted by Gasteiger charge is -2.33. The predicted octanol–water partition coefficient (Wildman–Crippen LogP) is 4.60. The summed E-state index contributed by atoms with van der Waals surface area (Å²) < 4.78 is 0. The smallest absolute Gasteiger partial charge is 0.162 e. The van der Waals surface area contributed by atoms with Crippen molar-refractivity contribution in [1.29, 1.82) is 0 Å². The van der Waals surface area contributed by atoms with E-state index in [2.05, 4.69) is 40.7 Å². The molecule has 2 aliphatic carbocycles. The SMILES string of the molecule is CC1=C[C@H](O)C/C(C)=C/C[C@@]2(C)C(=O)C=C(C(C)C)C2CC1. The number of carbonyl (C=O) groups is 1. The Morgan fingerprint density at radius 2 is 1.95 bits per heavy atom. The third-order valence-corrected chi connectivity index (χ3v) is 5.41. The van der Waals surface area contributed by atoms with Gasteiger partial charge in [0, 0.05) is 5.41 Å². The van der Waals surface area contributed by atoms with E-state index in [1.165, 1.54) is 16.7 Å². The molecule has 3 atom stereocenters. The zero-order chi connectivity index (χ0) is 16.5. The van der Waals surface area contributed by atoms with Gasteiger partial charge in [-0.25, -0.2) is 0 Å². The maximum Gasteiger partial charge on any atom is 0.162 e. The van der Waals surface area contributed by atoms with Crippen molar-refractivity contribution in [2.24, 2.45) is 17.3 Å². The van der Waals surface area contributed by atoms with Gasteiger partial charge in [0.2, 0.25) is 0 Å². The molecule has 0 aromatic heterocycles. The molecule has 0 aromatic carbocycles. The van der Waals surface area contributed by atoms with Crippen LogP contribution in [-0.2, 0) is 4.79 Å². The molecule has 1 unspecified atom stereocenters. The van der Waals surface area contributed by atoms with Gasteiger partial charge in [-0.05, 0) is 57.4 Å². The molecular formula is C20H30O2. The van der Waals surface area contributed by atoms with Crippen molar-refractivity contribution in [3.05, 3.63) is 34.9 Å². The van der Waals surface area contributed by atoms with Gasteiger partial charge in [0.1, 0.15) is 0 Å². The molecule has 0 amide bonds. The average Bonchev–Trinajstić information content (AvgIpc) is 2.65. The molecule has 122 valence electrons. The summed E-state index contributed by atoms with van der Waals surface area (Å²) in [6, 6.07) is 0. The first-order valence-corrected chi connectivity index (χ1v) is 8.51. The highest BCUT2D eigenvalue weighted by Gasteiger charge is 2.46. The maximum absolute atomic E-state index is 12.7. The molecule has 0 fully saturated rings. The normalized spacial score (nSPS) is 36.1. The summed E-state index contributed by atoms with van der Waals surface area (Å²) in [5, 5.41) is 10.1. The summed E-state index contributed by atoms with van der Waals surface area (Å²) in [7, 11) is 0. The lowest BCUT2D eigenvalue weighted by molar-refractivity contribution is -0.123. The lowest BCUT2D eigenvalue weighted by atomic mass is 9.69. The van der Waals surface area contributed by atoms with Crippen LogP contribution in [0, 0.1) is 17.3 Å².